The van der Waals surface area contributed by atoms with E-state index < -0.39 is 0 Å². The molecule has 0 N–H and O–H groups in total. The van der Waals surface area contributed by atoms with Crippen molar-refractivity contribution in [1.82, 2.24) is 10.2 Å². The number of fused-ring (bicyclic) bond motifs is 4. The summed E-state index contributed by atoms with van der Waals surface area (Å²) in [6, 6.07) is 4.22. The molecule has 7 heteroatoms. The number of rotatable bonds is 2. The molecule has 7 nitrogen and oxygen atoms in total. The van der Waals surface area contributed by atoms with Gasteiger partial charge in [-0.3, -0.25) is 0 Å². The lowest BCUT2D eigenvalue weighted by Crippen LogP contribution is -2.57. The fourth-order valence-corrected chi connectivity index (χ4v) is 4.20. The Morgan fingerprint density at radius 2 is 1.57 bits per heavy atom. The second-order valence-electron chi connectivity index (χ2n) is 6.93. The first-order chi connectivity index (χ1) is 11.3. The van der Waals surface area contributed by atoms with Gasteiger partial charge in [-0.1, -0.05) is 0 Å². The van der Waals surface area contributed by atoms with Crippen LogP contribution < -0.4 is 9.80 Å². The molecule has 1 aromatic heterocycles. The van der Waals surface area contributed by atoms with E-state index >= 15 is 0 Å². The van der Waals surface area contributed by atoms with Crippen LogP contribution in [0.15, 0.2) is 6.07 Å². The highest BCUT2D eigenvalue weighted by Gasteiger charge is 2.39. The SMILES string of the molecule is N#Cc1nnc(N2CC3CC(C2)O3)cc1N1CC2CCC(C1)O2. The van der Waals surface area contributed by atoms with Crippen molar-refractivity contribution in [2.75, 3.05) is 36.0 Å². The summed E-state index contributed by atoms with van der Waals surface area (Å²) >= 11 is 0. The van der Waals surface area contributed by atoms with E-state index in [1.807, 2.05) is 6.07 Å². The number of nitriles is 1. The monoisotopic (exact) mass is 313 g/mol. The van der Waals surface area contributed by atoms with Crippen molar-refractivity contribution in [3.8, 4) is 6.07 Å². The Bertz CT molecular complexity index is 647. The number of anilines is 2. The predicted octanol–water partition coefficient (Wildman–Crippen LogP) is 0.693. The van der Waals surface area contributed by atoms with Crippen LogP contribution in [-0.2, 0) is 9.47 Å². The Labute approximate surface area is 134 Å². The van der Waals surface area contributed by atoms with Crippen molar-refractivity contribution < 1.29 is 9.47 Å². The summed E-state index contributed by atoms with van der Waals surface area (Å²) in [6.07, 6.45) is 4.60. The molecule has 0 aliphatic carbocycles. The zero-order valence-electron chi connectivity index (χ0n) is 12.9. The van der Waals surface area contributed by atoms with Crippen molar-refractivity contribution in [2.24, 2.45) is 0 Å². The van der Waals surface area contributed by atoms with E-state index in [0.29, 0.717) is 17.9 Å². The van der Waals surface area contributed by atoms with Crippen molar-refractivity contribution in [3.63, 3.8) is 0 Å². The maximum absolute atomic E-state index is 9.40. The molecule has 4 unspecified atom stereocenters. The molecule has 5 aliphatic heterocycles. The highest BCUT2D eigenvalue weighted by Crippen LogP contribution is 2.34. The summed E-state index contributed by atoms with van der Waals surface area (Å²) < 4.78 is 11.6. The standard InChI is InChI=1S/C16H19N5O2/c17-5-14-15(20-6-10-1-2-11(7-20)22-10)4-16(19-18-14)21-8-12-3-13(9-21)23-12/h4,10-13H,1-3,6-9H2. The van der Waals surface area contributed by atoms with Crippen LogP contribution >= 0.6 is 0 Å². The average Bonchev–Trinajstić information content (AvgIpc) is 2.92. The van der Waals surface area contributed by atoms with Crippen LogP contribution in [0, 0.1) is 11.3 Å². The third-order valence-electron chi connectivity index (χ3n) is 5.33. The topological polar surface area (TPSA) is 74.5 Å². The minimum atomic E-state index is 0.285. The lowest BCUT2D eigenvalue weighted by molar-refractivity contribution is -0.133. The van der Waals surface area contributed by atoms with Gasteiger partial charge >= 0.3 is 0 Å². The average molecular weight is 313 g/mol. The van der Waals surface area contributed by atoms with Gasteiger partial charge in [0.25, 0.3) is 0 Å². The minimum Gasteiger partial charge on any atom is -0.371 e. The first-order valence-electron chi connectivity index (χ1n) is 8.37. The van der Waals surface area contributed by atoms with Gasteiger partial charge in [-0.25, -0.2) is 0 Å². The summed E-state index contributed by atoms with van der Waals surface area (Å²) in [6.45, 7) is 3.41. The lowest BCUT2D eigenvalue weighted by Gasteiger charge is -2.47. The van der Waals surface area contributed by atoms with E-state index in [-0.39, 0.29) is 12.2 Å². The molecule has 5 fully saturated rings. The van der Waals surface area contributed by atoms with Gasteiger partial charge in [0.15, 0.2) is 11.5 Å². The van der Waals surface area contributed by atoms with Crippen molar-refractivity contribution >= 4 is 11.5 Å². The first kappa shape index (κ1) is 13.5. The third kappa shape index (κ3) is 2.25. The van der Waals surface area contributed by atoms with Gasteiger partial charge in [0.05, 0.1) is 30.1 Å². The van der Waals surface area contributed by atoms with E-state index in [4.69, 9.17) is 9.47 Å². The second kappa shape index (κ2) is 5.05. The Morgan fingerprint density at radius 3 is 2.22 bits per heavy atom. The van der Waals surface area contributed by atoms with Crippen molar-refractivity contribution in [3.05, 3.63) is 11.8 Å². The summed E-state index contributed by atoms with van der Waals surface area (Å²) in [5, 5.41) is 17.9. The molecule has 0 aromatic carbocycles. The third-order valence-corrected chi connectivity index (χ3v) is 5.33. The van der Waals surface area contributed by atoms with E-state index in [0.717, 1.165) is 56.9 Å². The molecule has 0 radical (unpaired) electrons. The number of morpholine rings is 2. The normalized spacial score (nSPS) is 34.9. The molecule has 6 heterocycles. The molecule has 120 valence electrons. The van der Waals surface area contributed by atoms with Crippen LogP contribution in [0.2, 0.25) is 0 Å². The Hall–Kier alpha value is -1.91. The van der Waals surface area contributed by atoms with Crippen LogP contribution in [0.4, 0.5) is 11.5 Å². The molecule has 6 rings (SSSR count). The summed E-state index contributed by atoms with van der Waals surface area (Å²) in [5.74, 6) is 0.857. The minimum absolute atomic E-state index is 0.285. The van der Waals surface area contributed by atoms with Crippen LogP contribution in [-0.4, -0.2) is 60.8 Å². The highest BCUT2D eigenvalue weighted by molar-refractivity contribution is 5.62. The van der Waals surface area contributed by atoms with Crippen LogP contribution in [0.1, 0.15) is 25.0 Å². The van der Waals surface area contributed by atoms with E-state index in [1.54, 1.807) is 0 Å². The molecule has 5 aliphatic rings. The van der Waals surface area contributed by atoms with Crippen molar-refractivity contribution in [1.29, 1.82) is 5.26 Å². The Morgan fingerprint density at radius 1 is 0.957 bits per heavy atom. The molecule has 23 heavy (non-hydrogen) atoms. The zero-order chi connectivity index (χ0) is 15.4. The predicted molar refractivity (Wildman–Crippen MR) is 82.3 cm³/mol. The van der Waals surface area contributed by atoms with Gasteiger partial charge in [0.2, 0.25) is 0 Å². The largest absolute Gasteiger partial charge is 0.371 e. The smallest absolute Gasteiger partial charge is 0.186 e. The van der Waals surface area contributed by atoms with Crippen molar-refractivity contribution in [2.45, 2.75) is 43.7 Å². The number of ether oxygens (including phenoxy) is 2. The van der Waals surface area contributed by atoms with E-state index in [9.17, 15) is 5.26 Å². The molecule has 0 spiro atoms. The lowest BCUT2D eigenvalue weighted by atomic mass is 9.99. The molecule has 0 amide bonds. The summed E-state index contributed by atoms with van der Waals surface area (Å²) in [4.78, 5) is 4.48. The fraction of sp³-hybridized carbons (Fsp3) is 0.688. The Balaban J connectivity index is 1.45. The van der Waals surface area contributed by atoms with Gasteiger partial charge in [-0.15, -0.1) is 10.2 Å². The number of hydrogen-bond acceptors (Lipinski definition) is 7. The van der Waals surface area contributed by atoms with E-state index in [1.165, 1.54) is 0 Å². The highest BCUT2D eigenvalue weighted by atomic mass is 16.5. The molecule has 0 saturated carbocycles. The Kier molecular flexibility index (Phi) is 2.97. The number of piperidine rings is 1. The number of nitrogens with zero attached hydrogens (tertiary/aromatic N) is 5. The van der Waals surface area contributed by atoms with Gasteiger partial charge < -0.3 is 19.3 Å². The number of aromatic nitrogens is 2. The molecule has 4 atom stereocenters. The molecule has 5 saturated heterocycles. The maximum atomic E-state index is 9.40. The summed E-state index contributed by atoms with van der Waals surface area (Å²) in [5.41, 5.74) is 1.31. The van der Waals surface area contributed by atoms with Crippen LogP contribution in [0.5, 0.6) is 0 Å². The molecular weight excluding hydrogens is 294 g/mol. The van der Waals surface area contributed by atoms with Crippen LogP contribution in [0.3, 0.4) is 0 Å². The quantitative estimate of drug-likeness (QED) is 0.795. The summed E-state index contributed by atoms with van der Waals surface area (Å²) in [7, 11) is 0. The zero-order valence-corrected chi connectivity index (χ0v) is 12.9. The van der Waals surface area contributed by atoms with Gasteiger partial charge in [0.1, 0.15) is 6.07 Å². The molecular formula is C16H19N5O2. The molecule has 4 bridgehead atoms. The van der Waals surface area contributed by atoms with Gasteiger partial charge in [-0.2, -0.15) is 5.26 Å². The second-order valence-corrected chi connectivity index (χ2v) is 6.93. The van der Waals surface area contributed by atoms with Gasteiger partial charge in [-0.05, 0) is 12.8 Å². The maximum Gasteiger partial charge on any atom is 0.186 e. The molecule has 1 aromatic rings. The fourth-order valence-electron chi connectivity index (χ4n) is 4.20. The van der Waals surface area contributed by atoms with Gasteiger partial charge in [0, 0.05) is 38.7 Å². The first-order valence-corrected chi connectivity index (χ1v) is 8.37. The van der Waals surface area contributed by atoms with E-state index in [2.05, 4.69) is 26.1 Å². The van der Waals surface area contributed by atoms with Crippen LogP contribution in [0.25, 0.3) is 0 Å². The number of hydrogen-bond donors (Lipinski definition) is 0.